The number of nitrogens with one attached hydrogen (secondary N) is 2. The Balaban J connectivity index is 1.92. The molecular weight excluding hydrogens is 329 g/mol. The third-order valence-electron chi connectivity index (χ3n) is 2.97. The van der Waals surface area contributed by atoms with Crippen molar-refractivity contribution in [1.29, 1.82) is 0 Å². The molecule has 2 rings (SSSR count). The molecule has 122 valence electrons. The van der Waals surface area contributed by atoms with Gasteiger partial charge in [0.25, 0.3) is 0 Å². The Labute approximate surface area is 134 Å². The highest BCUT2D eigenvalue weighted by atomic mass is 32.1. The summed E-state index contributed by atoms with van der Waals surface area (Å²) in [5.41, 5.74) is -0.435. The van der Waals surface area contributed by atoms with Gasteiger partial charge in [0.1, 0.15) is 0 Å². The van der Waals surface area contributed by atoms with E-state index < -0.39 is 29.2 Å². The van der Waals surface area contributed by atoms with Gasteiger partial charge in [0.15, 0.2) is 0 Å². The Morgan fingerprint density at radius 2 is 1.83 bits per heavy atom. The maximum Gasteiger partial charge on any atom is 0.418 e. The second-order valence-electron chi connectivity index (χ2n) is 4.63. The van der Waals surface area contributed by atoms with Gasteiger partial charge in [0.2, 0.25) is 0 Å². The van der Waals surface area contributed by atoms with Gasteiger partial charge in [-0.3, -0.25) is 9.59 Å². The standard InChI is InChI=1S/C15H13F3N2O2S/c16-15(17,18)11-3-1-2-4-12(11)20-14(22)13(21)19-7-5-10-6-8-23-9-10/h1-4,6,8-9H,5,7H2,(H,19,21)(H,20,22). The third-order valence-corrected chi connectivity index (χ3v) is 3.70. The van der Waals surface area contributed by atoms with Crippen LogP contribution in [0.25, 0.3) is 0 Å². The predicted molar refractivity (Wildman–Crippen MR) is 81.1 cm³/mol. The van der Waals surface area contributed by atoms with Crippen LogP contribution in [-0.4, -0.2) is 18.4 Å². The van der Waals surface area contributed by atoms with Crippen molar-refractivity contribution in [3.05, 3.63) is 52.2 Å². The van der Waals surface area contributed by atoms with E-state index in [0.717, 1.165) is 17.7 Å². The Bertz CT molecular complexity index is 684. The monoisotopic (exact) mass is 342 g/mol. The minimum absolute atomic E-state index is 0.226. The molecule has 2 N–H and O–H groups in total. The van der Waals surface area contributed by atoms with Gasteiger partial charge in [-0.25, -0.2) is 0 Å². The van der Waals surface area contributed by atoms with Crippen molar-refractivity contribution in [2.75, 3.05) is 11.9 Å². The molecule has 1 heterocycles. The Hall–Kier alpha value is -2.35. The average molecular weight is 342 g/mol. The molecule has 23 heavy (non-hydrogen) atoms. The molecule has 0 saturated carbocycles. The van der Waals surface area contributed by atoms with Gasteiger partial charge in [-0.05, 0) is 40.9 Å². The van der Waals surface area contributed by atoms with E-state index >= 15 is 0 Å². The largest absolute Gasteiger partial charge is 0.418 e. The molecule has 0 bridgehead atoms. The zero-order chi connectivity index (χ0) is 16.9. The van der Waals surface area contributed by atoms with E-state index in [1.807, 2.05) is 22.1 Å². The van der Waals surface area contributed by atoms with Crippen molar-refractivity contribution in [3.8, 4) is 0 Å². The highest BCUT2D eigenvalue weighted by Crippen LogP contribution is 2.34. The number of carbonyl (C=O) groups excluding carboxylic acids is 2. The molecule has 0 unspecified atom stereocenters. The van der Waals surface area contributed by atoms with Gasteiger partial charge in [-0.2, -0.15) is 24.5 Å². The number of alkyl halides is 3. The number of para-hydroxylation sites is 1. The summed E-state index contributed by atoms with van der Waals surface area (Å²) in [5, 5.41) is 8.16. The zero-order valence-corrected chi connectivity index (χ0v) is 12.6. The minimum Gasteiger partial charge on any atom is -0.347 e. The lowest BCUT2D eigenvalue weighted by Crippen LogP contribution is -2.36. The van der Waals surface area contributed by atoms with Crippen molar-refractivity contribution >= 4 is 28.8 Å². The lowest BCUT2D eigenvalue weighted by molar-refractivity contribution is -0.138. The van der Waals surface area contributed by atoms with Gasteiger partial charge < -0.3 is 10.6 Å². The number of carbonyl (C=O) groups is 2. The highest BCUT2D eigenvalue weighted by molar-refractivity contribution is 7.07. The molecule has 0 spiro atoms. The molecule has 0 atom stereocenters. The van der Waals surface area contributed by atoms with Gasteiger partial charge in [0.05, 0.1) is 11.3 Å². The summed E-state index contributed by atoms with van der Waals surface area (Å²) in [7, 11) is 0. The van der Waals surface area contributed by atoms with E-state index in [0.29, 0.717) is 6.42 Å². The van der Waals surface area contributed by atoms with Crippen LogP contribution in [0.2, 0.25) is 0 Å². The van der Waals surface area contributed by atoms with Crippen LogP contribution in [0, 0.1) is 0 Å². The fourth-order valence-corrected chi connectivity index (χ4v) is 2.56. The Morgan fingerprint density at radius 1 is 1.09 bits per heavy atom. The summed E-state index contributed by atoms with van der Waals surface area (Å²) in [5.74, 6) is -2.11. The molecule has 0 aliphatic heterocycles. The smallest absolute Gasteiger partial charge is 0.347 e. The quantitative estimate of drug-likeness (QED) is 0.839. The van der Waals surface area contributed by atoms with Crippen LogP contribution in [0.5, 0.6) is 0 Å². The van der Waals surface area contributed by atoms with Gasteiger partial charge in [-0.15, -0.1) is 0 Å². The fraction of sp³-hybridized carbons (Fsp3) is 0.200. The maximum atomic E-state index is 12.8. The van der Waals surface area contributed by atoms with Crippen molar-refractivity contribution in [2.24, 2.45) is 0 Å². The molecule has 8 heteroatoms. The average Bonchev–Trinajstić information content (AvgIpc) is 3.00. The minimum atomic E-state index is -4.61. The second-order valence-corrected chi connectivity index (χ2v) is 5.41. The predicted octanol–water partition coefficient (Wildman–Crippen LogP) is 3.06. The molecule has 2 aromatic rings. The highest BCUT2D eigenvalue weighted by Gasteiger charge is 2.33. The SMILES string of the molecule is O=C(NCCc1ccsc1)C(=O)Nc1ccccc1C(F)(F)F. The van der Waals surface area contributed by atoms with Crippen LogP contribution < -0.4 is 10.6 Å². The van der Waals surface area contributed by atoms with Gasteiger partial charge in [0, 0.05) is 6.54 Å². The topological polar surface area (TPSA) is 58.2 Å². The summed E-state index contributed by atoms with van der Waals surface area (Å²) in [6.07, 6.45) is -4.07. The number of amides is 2. The number of benzene rings is 1. The first kappa shape index (κ1) is 17.0. The number of halogens is 3. The normalized spacial score (nSPS) is 11.1. The molecule has 1 aromatic heterocycles. The van der Waals surface area contributed by atoms with Crippen LogP contribution in [0.1, 0.15) is 11.1 Å². The Kier molecular flexibility index (Phi) is 5.38. The van der Waals surface area contributed by atoms with Crippen molar-refractivity contribution in [1.82, 2.24) is 5.32 Å². The lowest BCUT2D eigenvalue weighted by atomic mass is 10.1. The van der Waals surface area contributed by atoms with E-state index in [1.165, 1.54) is 23.5 Å². The first-order chi connectivity index (χ1) is 10.9. The van der Waals surface area contributed by atoms with E-state index in [9.17, 15) is 22.8 Å². The molecule has 0 saturated heterocycles. The summed E-state index contributed by atoms with van der Waals surface area (Å²) in [4.78, 5) is 23.3. The number of thiophene rings is 1. The summed E-state index contributed by atoms with van der Waals surface area (Å²) in [6, 6.07) is 6.37. The maximum absolute atomic E-state index is 12.8. The van der Waals surface area contributed by atoms with Crippen molar-refractivity contribution in [3.63, 3.8) is 0 Å². The molecule has 2 amide bonds. The zero-order valence-electron chi connectivity index (χ0n) is 11.8. The second kappa shape index (κ2) is 7.28. The van der Waals surface area contributed by atoms with E-state index in [-0.39, 0.29) is 6.54 Å². The van der Waals surface area contributed by atoms with Crippen LogP contribution in [0.3, 0.4) is 0 Å². The molecule has 0 radical (unpaired) electrons. The Morgan fingerprint density at radius 3 is 2.48 bits per heavy atom. The van der Waals surface area contributed by atoms with E-state index in [2.05, 4.69) is 5.32 Å². The van der Waals surface area contributed by atoms with E-state index in [4.69, 9.17) is 0 Å². The number of hydrogen-bond donors (Lipinski definition) is 2. The summed E-state index contributed by atoms with van der Waals surface area (Å²) >= 11 is 1.51. The van der Waals surface area contributed by atoms with Crippen molar-refractivity contribution in [2.45, 2.75) is 12.6 Å². The van der Waals surface area contributed by atoms with E-state index in [1.54, 1.807) is 0 Å². The molecular formula is C15H13F3N2O2S. The van der Waals surface area contributed by atoms with Crippen LogP contribution in [0.15, 0.2) is 41.1 Å². The van der Waals surface area contributed by atoms with Gasteiger partial charge in [-0.1, -0.05) is 12.1 Å². The summed E-state index contributed by atoms with van der Waals surface area (Å²) < 4.78 is 38.4. The number of rotatable bonds is 4. The molecule has 0 aliphatic carbocycles. The molecule has 0 aliphatic rings. The fourth-order valence-electron chi connectivity index (χ4n) is 1.85. The first-order valence-electron chi connectivity index (χ1n) is 6.64. The summed E-state index contributed by atoms with van der Waals surface area (Å²) in [6.45, 7) is 0.226. The third kappa shape index (κ3) is 4.82. The molecule has 1 aromatic carbocycles. The van der Waals surface area contributed by atoms with Crippen LogP contribution >= 0.6 is 11.3 Å². The van der Waals surface area contributed by atoms with Crippen LogP contribution in [0.4, 0.5) is 18.9 Å². The number of anilines is 1. The molecule has 4 nitrogen and oxygen atoms in total. The lowest BCUT2D eigenvalue weighted by Gasteiger charge is -2.13. The van der Waals surface area contributed by atoms with Gasteiger partial charge >= 0.3 is 18.0 Å². The first-order valence-corrected chi connectivity index (χ1v) is 7.58. The molecule has 0 fully saturated rings. The van der Waals surface area contributed by atoms with Crippen LogP contribution in [-0.2, 0) is 22.2 Å². The van der Waals surface area contributed by atoms with Crippen molar-refractivity contribution < 1.29 is 22.8 Å². The number of hydrogen-bond acceptors (Lipinski definition) is 3.